The monoisotopic (exact) mass is 508 g/mol. The van der Waals surface area contributed by atoms with E-state index >= 15 is 0 Å². The van der Waals surface area contributed by atoms with E-state index in [-0.39, 0.29) is 18.0 Å². The Bertz CT molecular complexity index is 1420. The van der Waals surface area contributed by atoms with Gasteiger partial charge in [0.25, 0.3) is 11.5 Å². The van der Waals surface area contributed by atoms with Crippen molar-refractivity contribution >= 4 is 44.6 Å². The number of nitrogens with zero attached hydrogens (tertiary/aromatic N) is 3. The Balaban J connectivity index is 1.52. The Morgan fingerprint density at radius 3 is 2.73 bits per heavy atom. The Morgan fingerprint density at radius 1 is 1.18 bits per heavy atom. The first-order valence-electron chi connectivity index (χ1n) is 9.91. The largest absolute Gasteiger partial charge is 0.483 e. The third-order valence-electron chi connectivity index (χ3n) is 4.69. The fourth-order valence-electron chi connectivity index (χ4n) is 3.11. The Kier molecular flexibility index (Phi) is 6.60. The second-order valence-corrected chi connectivity index (χ2v) is 7.98. The molecule has 33 heavy (non-hydrogen) atoms. The van der Waals surface area contributed by atoms with Crippen molar-refractivity contribution in [3.8, 4) is 5.75 Å². The Hall–Kier alpha value is -3.85. The molecule has 1 N–H and O–H groups in total. The van der Waals surface area contributed by atoms with Crippen LogP contribution in [-0.4, -0.2) is 28.4 Å². The number of nitrogens with one attached hydrogen (secondary N) is 1. The predicted molar refractivity (Wildman–Crippen MR) is 128 cm³/mol. The number of rotatable bonds is 6. The van der Waals surface area contributed by atoms with E-state index in [0.29, 0.717) is 33.7 Å². The summed E-state index contributed by atoms with van der Waals surface area (Å²) in [5, 5.41) is 7.37. The van der Waals surface area contributed by atoms with Crippen LogP contribution in [-0.2, 0) is 4.79 Å². The highest BCUT2D eigenvalue weighted by Gasteiger charge is 2.09. The summed E-state index contributed by atoms with van der Waals surface area (Å²) in [6.07, 6.45) is 1.48. The fraction of sp³-hybridized carbons (Fsp3) is 0.0833. The van der Waals surface area contributed by atoms with Gasteiger partial charge < -0.3 is 10.1 Å². The van der Waals surface area contributed by atoms with E-state index in [0.717, 1.165) is 4.47 Å². The third-order valence-corrected chi connectivity index (χ3v) is 5.18. The summed E-state index contributed by atoms with van der Waals surface area (Å²) in [5.41, 5.74) is 1.33. The lowest BCUT2D eigenvalue weighted by Crippen LogP contribution is -2.21. The quantitative estimate of drug-likeness (QED) is 0.388. The summed E-state index contributed by atoms with van der Waals surface area (Å²) < 4.78 is 20.6. The number of halogens is 2. The normalized spacial score (nSPS) is 11.1. The zero-order valence-corrected chi connectivity index (χ0v) is 19.0. The molecule has 0 saturated heterocycles. The molecule has 0 bridgehead atoms. The van der Waals surface area contributed by atoms with Gasteiger partial charge in [0.05, 0.1) is 17.1 Å². The van der Waals surface area contributed by atoms with Gasteiger partial charge in [-0.25, -0.2) is 9.37 Å². The van der Waals surface area contributed by atoms with Gasteiger partial charge >= 0.3 is 0 Å². The van der Waals surface area contributed by atoms with Crippen LogP contribution in [0.5, 0.6) is 5.75 Å². The van der Waals surface area contributed by atoms with Crippen LogP contribution in [0.1, 0.15) is 11.4 Å². The zero-order chi connectivity index (χ0) is 23.4. The topological polar surface area (TPSA) is 85.6 Å². The maximum Gasteiger partial charge on any atom is 0.282 e. The van der Waals surface area contributed by atoms with Crippen LogP contribution in [0.2, 0.25) is 0 Å². The number of aromatic nitrogens is 2. The van der Waals surface area contributed by atoms with Crippen LogP contribution in [0, 0.1) is 12.7 Å². The van der Waals surface area contributed by atoms with Gasteiger partial charge in [-0.3, -0.25) is 9.59 Å². The van der Waals surface area contributed by atoms with E-state index in [9.17, 15) is 14.0 Å². The van der Waals surface area contributed by atoms with Gasteiger partial charge in [-0.1, -0.05) is 28.1 Å². The molecule has 0 aliphatic rings. The minimum absolute atomic E-state index is 0.257. The van der Waals surface area contributed by atoms with E-state index in [1.54, 1.807) is 43.3 Å². The molecule has 0 aliphatic heterocycles. The maximum atomic E-state index is 13.0. The second-order valence-electron chi connectivity index (χ2n) is 7.06. The van der Waals surface area contributed by atoms with Crippen molar-refractivity contribution in [3.63, 3.8) is 0 Å². The molecule has 1 heterocycles. The minimum Gasteiger partial charge on any atom is -0.483 e. The van der Waals surface area contributed by atoms with E-state index in [1.807, 2.05) is 6.07 Å². The van der Waals surface area contributed by atoms with Gasteiger partial charge in [0.1, 0.15) is 17.4 Å². The Morgan fingerprint density at radius 2 is 1.94 bits per heavy atom. The number of ether oxygens (including phenoxy) is 1. The predicted octanol–water partition coefficient (Wildman–Crippen LogP) is 4.51. The number of aryl methyl sites for hydroxylation is 1. The molecule has 166 valence electrons. The molecular formula is C24H18BrFN4O3. The summed E-state index contributed by atoms with van der Waals surface area (Å²) in [7, 11) is 0. The van der Waals surface area contributed by atoms with Crippen LogP contribution in [0.4, 0.5) is 10.1 Å². The number of benzene rings is 3. The number of carbonyl (C=O) groups excluding carboxylic acids is 1. The lowest BCUT2D eigenvalue weighted by Gasteiger charge is -2.10. The molecule has 4 rings (SSSR count). The minimum atomic E-state index is -0.398. The van der Waals surface area contributed by atoms with Crippen LogP contribution < -0.4 is 15.6 Å². The molecule has 0 aliphatic carbocycles. The average molecular weight is 509 g/mol. The number of carbonyl (C=O) groups is 1. The summed E-state index contributed by atoms with van der Waals surface area (Å²) in [5.74, 6) is 0.0617. The van der Waals surface area contributed by atoms with Crippen molar-refractivity contribution in [2.24, 2.45) is 5.10 Å². The van der Waals surface area contributed by atoms with Gasteiger partial charge in [-0.2, -0.15) is 9.78 Å². The van der Waals surface area contributed by atoms with Gasteiger partial charge in [0.15, 0.2) is 6.61 Å². The molecule has 3 aromatic carbocycles. The van der Waals surface area contributed by atoms with Gasteiger partial charge in [-0.05, 0) is 61.5 Å². The first-order chi connectivity index (χ1) is 15.9. The summed E-state index contributed by atoms with van der Waals surface area (Å²) in [6.45, 7) is 1.44. The van der Waals surface area contributed by atoms with Gasteiger partial charge in [0, 0.05) is 15.7 Å². The van der Waals surface area contributed by atoms with Crippen molar-refractivity contribution < 1.29 is 13.9 Å². The smallest absolute Gasteiger partial charge is 0.282 e. The van der Waals surface area contributed by atoms with Crippen LogP contribution in [0.3, 0.4) is 0 Å². The number of hydrogen-bond donors (Lipinski definition) is 1. The highest BCUT2D eigenvalue weighted by molar-refractivity contribution is 9.10. The molecule has 0 saturated carbocycles. The van der Waals surface area contributed by atoms with Crippen molar-refractivity contribution in [2.75, 3.05) is 11.9 Å². The molecule has 7 nitrogen and oxygen atoms in total. The van der Waals surface area contributed by atoms with E-state index < -0.39 is 5.91 Å². The van der Waals surface area contributed by atoms with Gasteiger partial charge in [-0.15, -0.1) is 0 Å². The lowest BCUT2D eigenvalue weighted by atomic mass is 10.2. The number of para-hydroxylation sites is 1. The number of anilines is 1. The van der Waals surface area contributed by atoms with E-state index in [4.69, 9.17) is 4.74 Å². The van der Waals surface area contributed by atoms with Crippen LogP contribution in [0.15, 0.2) is 81.1 Å². The van der Waals surface area contributed by atoms with Crippen molar-refractivity contribution in [1.82, 2.24) is 9.66 Å². The van der Waals surface area contributed by atoms with E-state index in [2.05, 4.69) is 31.3 Å². The molecule has 1 amide bonds. The number of fused-ring (bicyclic) bond motifs is 1. The fourth-order valence-corrected chi connectivity index (χ4v) is 3.47. The van der Waals surface area contributed by atoms with E-state index in [1.165, 1.54) is 35.2 Å². The van der Waals surface area contributed by atoms with Crippen molar-refractivity contribution in [3.05, 3.63) is 98.8 Å². The first kappa shape index (κ1) is 22.3. The molecule has 0 unspecified atom stereocenters. The van der Waals surface area contributed by atoms with Crippen LogP contribution in [0.25, 0.3) is 10.9 Å². The van der Waals surface area contributed by atoms with Crippen molar-refractivity contribution in [1.29, 1.82) is 0 Å². The molecule has 9 heteroatoms. The molecule has 0 fully saturated rings. The first-order valence-corrected chi connectivity index (χ1v) is 10.7. The molecular weight excluding hydrogens is 491 g/mol. The maximum absolute atomic E-state index is 13.0. The highest BCUT2D eigenvalue weighted by Crippen LogP contribution is 2.18. The lowest BCUT2D eigenvalue weighted by molar-refractivity contribution is -0.118. The van der Waals surface area contributed by atoms with Gasteiger partial charge in [0.2, 0.25) is 0 Å². The number of hydrogen-bond acceptors (Lipinski definition) is 5. The molecule has 0 radical (unpaired) electrons. The second kappa shape index (κ2) is 9.74. The Labute approximate surface area is 196 Å². The van der Waals surface area contributed by atoms with Crippen molar-refractivity contribution in [2.45, 2.75) is 6.92 Å². The van der Waals surface area contributed by atoms with Crippen LogP contribution >= 0.6 is 15.9 Å². The highest BCUT2D eigenvalue weighted by atomic mass is 79.9. The molecule has 4 aromatic rings. The standard InChI is InChI=1S/C24H18BrFN4O3/c1-15-28-21-11-6-17(25)12-20(21)24(32)30(15)27-13-16-4-2-3-5-22(16)33-14-23(31)29-19-9-7-18(26)8-10-19/h2-13H,14H2,1H3,(H,29,31). The molecule has 0 atom stereocenters. The molecule has 1 aromatic heterocycles. The zero-order valence-electron chi connectivity index (χ0n) is 17.5. The number of amides is 1. The summed E-state index contributed by atoms with van der Waals surface area (Å²) >= 11 is 3.37. The summed E-state index contributed by atoms with van der Waals surface area (Å²) in [6, 6.07) is 17.7. The average Bonchev–Trinajstić information content (AvgIpc) is 2.80. The summed E-state index contributed by atoms with van der Waals surface area (Å²) in [4.78, 5) is 29.5. The SMILES string of the molecule is Cc1nc2ccc(Br)cc2c(=O)n1N=Cc1ccccc1OCC(=O)Nc1ccc(F)cc1. The molecule has 0 spiro atoms. The third kappa shape index (κ3) is 5.32.